The Hall–Kier alpha value is -5.04. The molecular weight excluding hydrogens is 631 g/mol. The van der Waals surface area contributed by atoms with E-state index in [-0.39, 0.29) is 4.90 Å². The van der Waals surface area contributed by atoms with E-state index in [0.29, 0.717) is 22.4 Å². The van der Waals surface area contributed by atoms with Crippen LogP contribution in [0.15, 0.2) is 173 Å². The number of rotatable bonds is 10. The van der Waals surface area contributed by atoms with Crippen molar-refractivity contribution in [3.8, 4) is 0 Å². The van der Waals surface area contributed by atoms with E-state index in [1.165, 1.54) is 0 Å². The van der Waals surface area contributed by atoms with Crippen molar-refractivity contribution in [1.82, 2.24) is 0 Å². The zero-order chi connectivity index (χ0) is 33.1. The maximum Gasteiger partial charge on any atom is 0.262 e. The maximum atomic E-state index is 14.0. The van der Waals surface area contributed by atoms with Crippen LogP contribution in [0.5, 0.6) is 0 Å². The fraction of sp³-hybridized carbons (Fsp3) is 0.0952. The average Bonchev–Trinajstić information content (AvgIpc) is 3.47. The SMILES string of the molecule is Cc1ccc(S(=O)(=O)Nc2c(C(SC(c3ccccc3)(c3ccccc3)c3ccccc3)c3cccc(C)c3)oc3ccccc23)cc1. The minimum Gasteiger partial charge on any atom is -0.457 e. The van der Waals surface area contributed by atoms with Crippen molar-refractivity contribution in [1.29, 1.82) is 0 Å². The first kappa shape index (κ1) is 31.6. The Labute approximate surface area is 286 Å². The van der Waals surface area contributed by atoms with E-state index in [9.17, 15) is 8.42 Å². The second-order valence-corrected chi connectivity index (χ2v) is 14.9. The smallest absolute Gasteiger partial charge is 0.262 e. The van der Waals surface area contributed by atoms with Gasteiger partial charge in [-0.25, -0.2) is 8.42 Å². The number of hydrogen-bond donors (Lipinski definition) is 1. The maximum absolute atomic E-state index is 14.0. The molecule has 7 aromatic rings. The monoisotopic (exact) mass is 665 g/mol. The summed E-state index contributed by atoms with van der Waals surface area (Å²) in [4.78, 5) is 0.191. The molecule has 1 atom stereocenters. The topological polar surface area (TPSA) is 59.3 Å². The molecule has 0 fully saturated rings. The summed E-state index contributed by atoms with van der Waals surface area (Å²) in [7, 11) is -3.96. The van der Waals surface area contributed by atoms with Gasteiger partial charge < -0.3 is 4.42 Å². The van der Waals surface area contributed by atoms with Crippen LogP contribution in [0.1, 0.15) is 44.4 Å². The zero-order valence-electron chi connectivity index (χ0n) is 26.7. The molecule has 0 aliphatic rings. The Balaban J connectivity index is 1.50. The molecule has 1 heterocycles. The number of furan rings is 1. The Kier molecular flexibility index (Phi) is 8.69. The number of benzene rings is 6. The third-order valence-corrected chi connectivity index (χ3v) is 11.8. The number of hydrogen-bond acceptors (Lipinski definition) is 4. The summed E-state index contributed by atoms with van der Waals surface area (Å²) in [6.07, 6.45) is 0. The van der Waals surface area contributed by atoms with E-state index < -0.39 is 20.0 Å². The number of para-hydroxylation sites is 1. The van der Waals surface area contributed by atoms with Crippen molar-refractivity contribution in [3.63, 3.8) is 0 Å². The molecule has 0 saturated carbocycles. The Bertz CT molecular complexity index is 2170. The van der Waals surface area contributed by atoms with Gasteiger partial charge in [0, 0.05) is 5.39 Å². The lowest BCUT2D eigenvalue weighted by atomic mass is 9.84. The molecule has 238 valence electrons. The van der Waals surface area contributed by atoms with Gasteiger partial charge in [0.25, 0.3) is 10.0 Å². The number of sulfonamides is 1. The van der Waals surface area contributed by atoms with Gasteiger partial charge in [-0.05, 0) is 60.4 Å². The van der Waals surface area contributed by atoms with E-state index in [1.807, 2.05) is 67.6 Å². The highest BCUT2D eigenvalue weighted by Gasteiger charge is 2.42. The van der Waals surface area contributed by atoms with Gasteiger partial charge in [-0.1, -0.05) is 151 Å². The van der Waals surface area contributed by atoms with E-state index in [2.05, 4.69) is 103 Å². The van der Waals surface area contributed by atoms with Crippen molar-refractivity contribution in [2.75, 3.05) is 4.72 Å². The second kappa shape index (κ2) is 13.2. The highest BCUT2D eigenvalue weighted by atomic mass is 32.2. The van der Waals surface area contributed by atoms with Crippen molar-refractivity contribution in [3.05, 3.63) is 203 Å². The van der Waals surface area contributed by atoms with Crippen LogP contribution in [0.25, 0.3) is 11.0 Å². The fourth-order valence-electron chi connectivity index (χ4n) is 6.27. The minimum absolute atomic E-state index is 0.191. The molecule has 0 saturated heterocycles. The molecule has 0 bridgehead atoms. The van der Waals surface area contributed by atoms with E-state index in [4.69, 9.17) is 4.42 Å². The van der Waals surface area contributed by atoms with Gasteiger partial charge in [-0.3, -0.25) is 4.72 Å². The standard InChI is InChI=1S/C42H35NO3S2/c1-30-25-27-36(28-26-30)48(44,45)43-39-37-23-12-13-24-38(37)46-40(39)41(32-16-14-15-31(2)29-32)47-42(33-17-6-3-7-18-33,34-19-8-4-9-20-34)35-21-10-5-11-22-35/h3-29,41,43H,1-2H3. The van der Waals surface area contributed by atoms with Gasteiger partial charge in [0.2, 0.25) is 0 Å². The lowest BCUT2D eigenvalue weighted by Crippen LogP contribution is -2.27. The molecule has 1 aromatic heterocycles. The molecule has 0 spiro atoms. The number of thioether (sulfide) groups is 1. The van der Waals surface area contributed by atoms with Crippen LogP contribution in [0, 0.1) is 13.8 Å². The van der Waals surface area contributed by atoms with Crippen LogP contribution < -0.4 is 4.72 Å². The largest absolute Gasteiger partial charge is 0.457 e. The average molecular weight is 666 g/mol. The fourth-order valence-corrected chi connectivity index (χ4v) is 9.09. The van der Waals surface area contributed by atoms with Crippen LogP contribution in [0.2, 0.25) is 0 Å². The predicted octanol–water partition coefficient (Wildman–Crippen LogP) is 10.7. The van der Waals surface area contributed by atoms with Gasteiger partial charge in [0.1, 0.15) is 11.3 Å². The molecular formula is C42H35NO3S2. The molecule has 6 heteroatoms. The summed E-state index contributed by atoms with van der Waals surface area (Å²) in [6, 6.07) is 54.4. The summed E-state index contributed by atoms with van der Waals surface area (Å²) >= 11 is 1.74. The molecule has 4 nitrogen and oxygen atoms in total. The Morgan fingerprint density at radius 2 is 1.15 bits per heavy atom. The second-order valence-electron chi connectivity index (χ2n) is 11.9. The summed E-state index contributed by atoms with van der Waals surface area (Å²) in [5.41, 5.74) is 7.43. The molecule has 7 rings (SSSR count). The molecule has 1 N–H and O–H groups in total. The lowest BCUT2D eigenvalue weighted by Gasteiger charge is -2.38. The minimum atomic E-state index is -3.96. The van der Waals surface area contributed by atoms with Gasteiger partial charge in [0.15, 0.2) is 0 Å². The predicted molar refractivity (Wildman–Crippen MR) is 198 cm³/mol. The van der Waals surface area contributed by atoms with Crippen molar-refractivity contribution in [2.24, 2.45) is 0 Å². The molecule has 48 heavy (non-hydrogen) atoms. The summed E-state index contributed by atoms with van der Waals surface area (Å²) in [5, 5.41) is 0.264. The van der Waals surface area contributed by atoms with Crippen LogP contribution in [0.4, 0.5) is 5.69 Å². The molecule has 0 aliphatic heterocycles. The van der Waals surface area contributed by atoms with Crippen LogP contribution in [-0.4, -0.2) is 8.42 Å². The highest BCUT2D eigenvalue weighted by molar-refractivity contribution is 8.01. The van der Waals surface area contributed by atoms with Gasteiger partial charge >= 0.3 is 0 Å². The van der Waals surface area contributed by atoms with Crippen molar-refractivity contribution >= 4 is 38.4 Å². The highest BCUT2D eigenvalue weighted by Crippen LogP contribution is 2.57. The first-order chi connectivity index (χ1) is 23.3. The quantitative estimate of drug-likeness (QED) is 0.148. The molecule has 0 radical (unpaired) electrons. The van der Waals surface area contributed by atoms with Crippen LogP contribution in [0.3, 0.4) is 0 Å². The summed E-state index contributed by atoms with van der Waals surface area (Å²) in [6.45, 7) is 4.01. The Morgan fingerprint density at radius 3 is 1.71 bits per heavy atom. The zero-order valence-corrected chi connectivity index (χ0v) is 28.3. The van der Waals surface area contributed by atoms with E-state index in [0.717, 1.165) is 33.4 Å². The van der Waals surface area contributed by atoms with Crippen LogP contribution >= 0.6 is 11.8 Å². The normalized spacial score (nSPS) is 12.5. The molecule has 0 amide bonds. The first-order valence-electron chi connectivity index (χ1n) is 15.9. The van der Waals surface area contributed by atoms with Crippen molar-refractivity contribution < 1.29 is 12.8 Å². The van der Waals surface area contributed by atoms with Gasteiger partial charge in [-0.2, -0.15) is 0 Å². The number of aryl methyl sites for hydroxylation is 2. The molecule has 6 aromatic carbocycles. The van der Waals surface area contributed by atoms with E-state index >= 15 is 0 Å². The first-order valence-corrected chi connectivity index (χ1v) is 18.2. The number of fused-ring (bicyclic) bond motifs is 1. The summed E-state index contributed by atoms with van der Waals surface area (Å²) in [5.74, 6) is 0.537. The third kappa shape index (κ3) is 6.05. The van der Waals surface area contributed by atoms with Gasteiger partial charge in [0.05, 0.1) is 20.6 Å². The molecule has 0 aliphatic carbocycles. The van der Waals surface area contributed by atoms with Crippen LogP contribution in [-0.2, 0) is 14.8 Å². The Morgan fingerprint density at radius 1 is 0.604 bits per heavy atom. The van der Waals surface area contributed by atoms with Gasteiger partial charge in [-0.15, -0.1) is 11.8 Å². The third-order valence-electron chi connectivity index (χ3n) is 8.61. The molecule has 1 unspecified atom stereocenters. The van der Waals surface area contributed by atoms with E-state index in [1.54, 1.807) is 23.9 Å². The van der Waals surface area contributed by atoms with Crippen molar-refractivity contribution in [2.45, 2.75) is 28.7 Å². The summed E-state index contributed by atoms with van der Waals surface area (Å²) < 4.78 is 37.1. The number of nitrogens with one attached hydrogen (secondary N) is 1. The lowest BCUT2D eigenvalue weighted by molar-refractivity contribution is 0.559. The number of anilines is 1.